The van der Waals surface area contributed by atoms with Gasteiger partial charge in [0.25, 0.3) is 0 Å². The standard InChI is InChI=1S/C19H23F3N2O4/c1-11(2)24-12(3)15(17(25)28-9-8-27-4)16(23-18(24)26)13-6-5-7-14(10-13)19(20,21)22/h5-7,10-11,16H,8-9H2,1-4H3,(H,23,26)/t16-/m1/s1. The molecule has 9 heteroatoms. The lowest BCUT2D eigenvalue weighted by Crippen LogP contribution is -2.50. The van der Waals surface area contributed by atoms with Gasteiger partial charge in [-0.15, -0.1) is 0 Å². The molecule has 0 saturated heterocycles. The smallest absolute Gasteiger partial charge is 0.416 e. The van der Waals surface area contributed by atoms with E-state index in [-0.39, 0.29) is 30.4 Å². The number of carbonyl (C=O) groups excluding carboxylic acids is 2. The van der Waals surface area contributed by atoms with E-state index in [1.165, 1.54) is 24.1 Å². The average Bonchev–Trinajstić information content (AvgIpc) is 2.60. The van der Waals surface area contributed by atoms with Crippen molar-refractivity contribution < 1.29 is 32.2 Å². The Labute approximate surface area is 161 Å². The summed E-state index contributed by atoms with van der Waals surface area (Å²) < 4.78 is 49.3. The summed E-state index contributed by atoms with van der Waals surface area (Å²) in [5.41, 5.74) is -0.299. The molecule has 2 amide bonds. The molecule has 1 heterocycles. The van der Waals surface area contributed by atoms with E-state index in [1.54, 1.807) is 20.8 Å². The number of hydrogen-bond donors (Lipinski definition) is 1. The van der Waals surface area contributed by atoms with Crippen LogP contribution in [-0.4, -0.2) is 43.3 Å². The molecule has 0 radical (unpaired) electrons. The Balaban J connectivity index is 2.51. The minimum absolute atomic E-state index is 0.0168. The van der Waals surface area contributed by atoms with Crippen molar-refractivity contribution in [3.63, 3.8) is 0 Å². The lowest BCUT2D eigenvalue weighted by atomic mass is 9.93. The number of benzene rings is 1. The first-order chi connectivity index (χ1) is 13.1. The number of rotatable bonds is 6. The molecule has 0 bridgehead atoms. The van der Waals surface area contributed by atoms with Crippen molar-refractivity contribution in [2.45, 2.75) is 39.0 Å². The fourth-order valence-corrected chi connectivity index (χ4v) is 3.08. The molecule has 2 rings (SSSR count). The summed E-state index contributed by atoms with van der Waals surface area (Å²) in [5, 5.41) is 2.62. The van der Waals surface area contributed by atoms with Gasteiger partial charge >= 0.3 is 18.2 Å². The zero-order valence-electron chi connectivity index (χ0n) is 16.1. The van der Waals surface area contributed by atoms with Crippen LogP contribution in [0.15, 0.2) is 35.5 Å². The summed E-state index contributed by atoms with van der Waals surface area (Å²) in [4.78, 5) is 26.6. The number of methoxy groups -OCH3 is 1. The summed E-state index contributed by atoms with van der Waals surface area (Å²) in [7, 11) is 1.45. The molecule has 28 heavy (non-hydrogen) atoms. The van der Waals surface area contributed by atoms with Gasteiger partial charge in [-0.1, -0.05) is 12.1 Å². The first-order valence-corrected chi connectivity index (χ1v) is 8.71. The largest absolute Gasteiger partial charge is 0.460 e. The molecule has 1 atom stereocenters. The Bertz CT molecular complexity index is 775. The van der Waals surface area contributed by atoms with Crippen molar-refractivity contribution in [1.29, 1.82) is 0 Å². The summed E-state index contributed by atoms with van der Waals surface area (Å²) in [6.45, 7) is 5.26. The van der Waals surface area contributed by atoms with Gasteiger partial charge in [0.1, 0.15) is 6.61 Å². The van der Waals surface area contributed by atoms with Gasteiger partial charge in [-0.3, -0.25) is 4.90 Å². The molecule has 154 valence electrons. The van der Waals surface area contributed by atoms with E-state index >= 15 is 0 Å². The third kappa shape index (κ3) is 4.64. The van der Waals surface area contributed by atoms with Crippen LogP contribution in [0.4, 0.5) is 18.0 Å². The maximum Gasteiger partial charge on any atom is 0.416 e. The summed E-state index contributed by atoms with van der Waals surface area (Å²) in [6, 6.07) is 2.71. The Morgan fingerprint density at radius 1 is 1.29 bits per heavy atom. The van der Waals surface area contributed by atoms with E-state index < -0.39 is 29.8 Å². The maximum atomic E-state index is 13.1. The molecule has 0 spiro atoms. The van der Waals surface area contributed by atoms with Crippen LogP contribution in [0.2, 0.25) is 0 Å². The van der Waals surface area contributed by atoms with Gasteiger partial charge in [0.2, 0.25) is 0 Å². The van der Waals surface area contributed by atoms with Crippen LogP contribution in [0, 0.1) is 0 Å². The number of halogens is 3. The highest BCUT2D eigenvalue weighted by molar-refractivity contribution is 5.95. The minimum Gasteiger partial charge on any atom is -0.460 e. The number of nitrogens with one attached hydrogen (secondary N) is 1. The first-order valence-electron chi connectivity index (χ1n) is 8.71. The molecule has 0 fully saturated rings. The van der Waals surface area contributed by atoms with Crippen LogP contribution < -0.4 is 5.32 Å². The summed E-state index contributed by atoms with van der Waals surface area (Å²) in [5.74, 6) is -0.720. The molecular weight excluding hydrogens is 377 g/mol. The molecule has 6 nitrogen and oxygen atoms in total. The van der Waals surface area contributed by atoms with Crippen LogP contribution in [0.25, 0.3) is 0 Å². The second-order valence-corrected chi connectivity index (χ2v) is 6.60. The number of urea groups is 1. The SMILES string of the molecule is COCCOC(=O)C1=C(C)N(C(C)C)C(=O)N[C@@H]1c1cccc(C(F)(F)F)c1. The van der Waals surface area contributed by atoms with E-state index in [2.05, 4.69) is 5.32 Å². The van der Waals surface area contributed by atoms with Crippen molar-refractivity contribution in [1.82, 2.24) is 10.2 Å². The maximum absolute atomic E-state index is 13.1. The Morgan fingerprint density at radius 3 is 2.54 bits per heavy atom. The predicted octanol–water partition coefficient (Wildman–Crippen LogP) is 3.64. The quantitative estimate of drug-likeness (QED) is 0.585. The molecule has 0 aromatic heterocycles. The average molecular weight is 400 g/mol. The molecule has 0 saturated carbocycles. The van der Waals surface area contributed by atoms with Crippen molar-refractivity contribution in [2.24, 2.45) is 0 Å². The van der Waals surface area contributed by atoms with E-state index in [1.807, 2.05) is 0 Å². The number of nitrogens with zero attached hydrogens (tertiary/aromatic N) is 1. The fraction of sp³-hybridized carbons (Fsp3) is 0.474. The van der Waals surface area contributed by atoms with Gasteiger partial charge in [-0.25, -0.2) is 9.59 Å². The van der Waals surface area contributed by atoms with E-state index in [4.69, 9.17) is 9.47 Å². The van der Waals surface area contributed by atoms with Crippen molar-refractivity contribution in [3.8, 4) is 0 Å². The van der Waals surface area contributed by atoms with Crippen LogP contribution in [0.1, 0.15) is 37.9 Å². The third-order valence-electron chi connectivity index (χ3n) is 4.33. The lowest BCUT2D eigenvalue weighted by molar-refractivity contribution is -0.141. The Kier molecular flexibility index (Phi) is 6.71. The number of ether oxygens (including phenoxy) is 2. The Morgan fingerprint density at radius 2 is 1.96 bits per heavy atom. The van der Waals surface area contributed by atoms with Gasteiger partial charge in [0.15, 0.2) is 0 Å². The molecule has 1 aromatic carbocycles. The highest BCUT2D eigenvalue weighted by Gasteiger charge is 2.38. The first kappa shape index (κ1) is 21.7. The number of carbonyl (C=O) groups is 2. The normalized spacial score (nSPS) is 17.8. The zero-order valence-corrected chi connectivity index (χ0v) is 16.1. The summed E-state index contributed by atoms with van der Waals surface area (Å²) >= 11 is 0. The van der Waals surface area contributed by atoms with Gasteiger partial charge in [0, 0.05) is 18.8 Å². The number of allylic oxidation sites excluding steroid dienone is 1. The van der Waals surface area contributed by atoms with Crippen LogP contribution in [-0.2, 0) is 20.4 Å². The molecule has 0 aliphatic carbocycles. The Hall–Kier alpha value is -2.55. The number of hydrogen-bond acceptors (Lipinski definition) is 4. The topological polar surface area (TPSA) is 67.9 Å². The van der Waals surface area contributed by atoms with Gasteiger partial charge in [-0.05, 0) is 38.5 Å². The number of alkyl halides is 3. The fourth-order valence-electron chi connectivity index (χ4n) is 3.08. The predicted molar refractivity (Wildman–Crippen MR) is 95.2 cm³/mol. The minimum atomic E-state index is -4.55. The van der Waals surface area contributed by atoms with Crippen LogP contribution in [0.3, 0.4) is 0 Å². The third-order valence-corrected chi connectivity index (χ3v) is 4.33. The lowest BCUT2D eigenvalue weighted by Gasteiger charge is -2.37. The highest BCUT2D eigenvalue weighted by Crippen LogP contribution is 2.35. The second-order valence-electron chi connectivity index (χ2n) is 6.60. The van der Waals surface area contributed by atoms with E-state index in [0.29, 0.717) is 5.70 Å². The van der Waals surface area contributed by atoms with Crippen LogP contribution >= 0.6 is 0 Å². The molecule has 1 aliphatic rings. The second kappa shape index (κ2) is 8.64. The summed E-state index contributed by atoms with van der Waals surface area (Å²) in [6.07, 6.45) is -4.55. The zero-order chi connectivity index (χ0) is 21.1. The van der Waals surface area contributed by atoms with Crippen molar-refractivity contribution in [3.05, 3.63) is 46.7 Å². The van der Waals surface area contributed by atoms with Gasteiger partial charge in [-0.2, -0.15) is 13.2 Å². The number of amides is 2. The molecular formula is C19H23F3N2O4. The molecule has 1 aliphatic heterocycles. The number of esters is 1. The van der Waals surface area contributed by atoms with E-state index in [0.717, 1.165) is 12.1 Å². The van der Waals surface area contributed by atoms with Gasteiger partial charge < -0.3 is 14.8 Å². The highest BCUT2D eigenvalue weighted by atomic mass is 19.4. The van der Waals surface area contributed by atoms with Crippen molar-refractivity contribution >= 4 is 12.0 Å². The monoisotopic (exact) mass is 400 g/mol. The van der Waals surface area contributed by atoms with Gasteiger partial charge in [0.05, 0.1) is 23.8 Å². The molecule has 1 aromatic rings. The molecule has 1 N–H and O–H groups in total. The van der Waals surface area contributed by atoms with E-state index in [9.17, 15) is 22.8 Å². The van der Waals surface area contributed by atoms with Crippen molar-refractivity contribution in [2.75, 3.05) is 20.3 Å². The molecule has 0 unspecified atom stereocenters. The van der Waals surface area contributed by atoms with Crippen LogP contribution in [0.5, 0.6) is 0 Å².